The molecule has 2 aromatic rings. The van der Waals surface area contributed by atoms with Crippen molar-refractivity contribution in [3.8, 4) is 11.1 Å². The Hall–Kier alpha value is -3.35. The van der Waals surface area contributed by atoms with Crippen LogP contribution in [-0.2, 0) is 14.3 Å². The van der Waals surface area contributed by atoms with E-state index in [1.807, 2.05) is 31.2 Å². The number of ether oxygens (including phenoxy) is 1. The van der Waals surface area contributed by atoms with Crippen LogP contribution in [0.25, 0.3) is 11.1 Å². The van der Waals surface area contributed by atoms with Gasteiger partial charge in [-0.25, -0.2) is 4.79 Å². The van der Waals surface area contributed by atoms with Gasteiger partial charge in [-0.2, -0.15) is 0 Å². The molecule has 2 amide bonds. The monoisotopic (exact) mass is 476 g/mol. The molecule has 2 N–H and O–H groups in total. The van der Waals surface area contributed by atoms with E-state index in [0.29, 0.717) is 19.4 Å². The first-order valence-electron chi connectivity index (χ1n) is 12.6. The third-order valence-electron chi connectivity index (χ3n) is 8.14. The number of rotatable bonds is 6. The molecule has 4 atom stereocenters. The number of carboxylic acids is 1. The molecule has 2 unspecified atom stereocenters. The normalized spacial score (nSPS) is 25.2. The zero-order valence-corrected chi connectivity index (χ0v) is 20.0. The Morgan fingerprint density at radius 3 is 2.29 bits per heavy atom. The number of fused-ring (bicyclic) bond motifs is 3. The van der Waals surface area contributed by atoms with Crippen LogP contribution in [0.15, 0.2) is 48.5 Å². The third kappa shape index (κ3) is 4.51. The van der Waals surface area contributed by atoms with Crippen molar-refractivity contribution in [2.24, 2.45) is 11.8 Å². The third-order valence-corrected chi connectivity index (χ3v) is 8.14. The molecule has 7 nitrogen and oxygen atoms in total. The number of carbonyl (C=O) groups is 3. The molecule has 35 heavy (non-hydrogen) atoms. The topological polar surface area (TPSA) is 95.9 Å². The number of hydrogen-bond donors (Lipinski definition) is 2. The van der Waals surface area contributed by atoms with Gasteiger partial charge in [-0.15, -0.1) is 0 Å². The molecule has 7 heteroatoms. The largest absolute Gasteiger partial charge is 0.481 e. The molecule has 184 valence electrons. The predicted molar refractivity (Wildman–Crippen MR) is 131 cm³/mol. The van der Waals surface area contributed by atoms with E-state index in [2.05, 4.69) is 29.6 Å². The number of aliphatic carboxylic acids is 1. The fourth-order valence-corrected chi connectivity index (χ4v) is 6.23. The van der Waals surface area contributed by atoms with Gasteiger partial charge in [-0.3, -0.25) is 9.59 Å². The van der Waals surface area contributed by atoms with Crippen molar-refractivity contribution < 1.29 is 24.2 Å². The summed E-state index contributed by atoms with van der Waals surface area (Å²) in [5.74, 6) is -1.32. The molecule has 2 fully saturated rings. The minimum atomic E-state index is -0.844. The van der Waals surface area contributed by atoms with Gasteiger partial charge >= 0.3 is 12.1 Å². The lowest BCUT2D eigenvalue weighted by molar-refractivity contribution is -0.143. The van der Waals surface area contributed by atoms with Gasteiger partial charge in [0.05, 0.1) is 5.92 Å². The molecule has 3 aliphatic rings. The molecule has 0 radical (unpaired) electrons. The molecule has 1 saturated carbocycles. The Bertz CT molecular complexity index is 1090. The first kappa shape index (κ1) is 23.4. The summed E-state index contributed by atoms with van der Waals surface area (Å²) >= 11 is 0. The zero-order valence-electron chi connectivity index (χ0n) is 20.0. The van der Waals surface area contributed by atoms with E-state index < -0.39 is 18.0 Å². The summed E-state index contributed by atoms with van der Waals surface area (Å²) < 4.78 is 5.70. The number of carbonyl (C=O) groups excluding carboxylic acids is 2. The van der Waals surface area contributed by atoms with Gasteiger partial charge in [0.25, 0.3) is 0 Å². The van der Waals surface area contributed by atoms with Crippen LogP contribution in [0, 0.1) is 11.8 Å². The second-order valence-corrected chi connectivity index (χ2v) is 10.0. The molecular formula is C28H32N2O5. The maximum Gasteiger partial charge on any atom is 0.407 e. The number of carboxylic acid groups (broad SMARTS) is 1. The quantitative estimate of drug-likeness (QED) is 0.644. The lowest BCUT2D eigenvalue weighted by Crippen LogP contribution is -2.42. The van der Waals surface area contributed by atoms with Crippen molar-refractivity contribution in [3.05, 3.63) is 59.7 Å². The smallest absolute Gasteiger partial charge is 0.407 e. The van der Waals surface area contributed by atoms with Gasteiger partial charge in [-0.1, -0.05) is 55.0 Å². The second kappa shape index (κ2) is 9.72. The lowest BCUT2D eigenvalue weighted by atomic mass is 9.98. The van der Waals surface area contributed by atoms with E-state index >= 15 is 0 Å². The minimum absolute atomic E-state index is 0.00735. The SMILES string of the molecule is CC1C(C(=O)O)CCN1C(=O)C[C@@H]1CCC[C@H]1NC(=O)OCC1c2ccccc2-c2ccccc21. The molecular weight excluding hydrogens is 444 g/mol. The highest BCUT2D eigenvalue weighted by molar-refractivity contribution is 5.80. The fourth-order valence-electron chi connectivity index (χ4n) is 6.23. The summed E-state index contributed by atoms with van der Waals surface area (Å²) in [5, 5.41) is 12.4. The zero-order chi connectivity index (χ0) is 24.5. The number of hydrogen-bond acceptors (Lipinski definition) is 4. The van der Waals surface area contributed by atoms with E-state index in [4.69, 9.17) is 4.74 Å². The fraction of sp³-hybridized carbons (Fsp3) is 0.464. The second-order valence-electron chi connectivity index (χ2n) is 10.0. The summed E-state index contributed by atoms with van der Waals surface area (Å²) in [5.41, 5.74) is 4.72. The van der Waals surface area contributed by atoms with E-state index in [-0.39, 0.29) is 36.4 Å². The van der Waals surface area contributed by atoms with Crippen molar-refractivity contribution in [1.82, 2.24) is 10.2 Å². The standard InChI is InChI=1S/C28H32N2O5/c1-17-19(27(32)33)13-14-30(17)26(31)15-18-7-6-12-25(18)29-28(34)35-16-24-22-10-4-2-8-20(22)21-9-3-5-11-23(21)24/h2-5,8-11,17-19,24-25H,6-7,12-16H2,1H3,(H,29,34)(H,32,33)/t17?,18-,19?,25+/m0/s1. The average molecular weight is 477 g/mol. The van der Waals surface area contributed by atoms with E-state index in [1.165, 1.54) is 22.3 Å². The highest BCUT2D eigenvalue weighted by atomic mass is 16.5. The average Bonchev–Trinajstić information content (AvgIpc) is 3.54. The summed E-state index contributed by atoms with van der Waals surface area (Å²) in [6.45, 7) is 2.55. The van der Waals surface area contributed by atoms with Crippen molar-refractivity contribution >= 4 is 18.0 Å². The number of alkyl carbamates (subject to hydrolysis) is 1. The summed E-state index contributed by atoms with van der Waals surface area (Å²) in [4.78, 5) is 38.8. The van der Waals surface area contributed by atoms with Gasteiger partial charge in [0.2, 0.25) is 5.91 Å². The van der Waals surface area contributed by atoms with Gasteiger partial charge in [-0.05, 0) is 54.4 Å². The Morgan fingerprint density at radius 2 is 1.66 bits per heavy atom. The molecule has 1 aliphatic heterocycles. The number of nitrogens with zero attached hydrogens (tertiary/aromatic N) is 1. The van der Waals surface area contributed by atoms with Crippen LogP contribution in [0.4, 0.5) is 4.79 Å². The molecule has 0 aromatic heterocycles. The highest BCUT2D eigenvalue weighted by Gasteiger charge is 2.40. The first-order chi connectivity index (χ1) is 16.9. The summed E-state index contributed by atoms with van der Waals surface area (Å²) in [6, 6.07) is 16.1. The van der Waals surface area contributed by atoms with Crippen molar-refractivity contribution in [2.75, 3.05) is 13.2 Å². The maximum absolute atomic E-state index is 12.9. The number of nitrogens with one attached hydrogen (secondary N) is 1. The molecule has 2 aromatic carbocycles. The van der Waals surface area contributed by atoms with Gasteiger partial charge < -0.3 is 20.1 Å². The first-order valence-corrected chi connectivity index (χ1v) is 12.6. The van der Waals surface area contributed by atoms with Crippen LogP contribution in [0.1, 0.15) is 56.1 Å². The molecule has 1 heterocycles. The van der Waals surface area contributed by atoms with Gasteiger partial charge in [0, 0.05) is 31.0 Å². The van der Waals surface area contributed by atoms with Crippen LogP contribution in [-0.4, -0.2) is 53.2 Å². The Kier molecular flexibility index (Phi) is 6.50. The van der Waals surface area contributed by atoms with Crippen LogP contribution in [0.2, 0.25) is 0 Å². The van der Waals surface area contributed by atoms with Gasteiger partial charge in [0.1, 0.15) is 6.61 Å². The van der Waals surface area contributed by atoms with Crippen molar-refractivity contribution in [1.29, 1.82) is 0 Å². The number of benzene rings is 2. The maximum atomic E-state index is 12.9. The lowest BCUT2D eigenvalue weighted by Gasteiger charge is -2.27. The van der Waals surface area contributed by atoms with Crippen LogP contribution >= 0.6 is 0 Å². The number of likely N-dealkylation sites (tertiary alicyclic amines) is 1. The van der Waals surface area contributed by atoms with Crippen molar-refractivity contribution in [3.63, 3.8) is 0 Å². The van der Waals surface area contributed by atoms with Crippen molar-refractivity contribution in [2.45, 2.75) is 57.0 Å². The van der Waals surface area contributed by atoms with E-state index in [1.54, 1.807) is 4.90 Å². The van der Waals surface area contributed by atoms with Gasteiger partial charge in [0.15, 0.2) is 0 Å². The predicted octanol–water partition coefficient (Wildman–Crippen LogP) is 4.41. The van der Waals surface area contributed by atoms with Crippen LogP contribution < -0.4 is 5.32 Å². The summed E-state index contributed by atoms with van der Waals surface area (Å²) in [6.07, 6.45) is 3.00. The highest BCUT2D eigenvalue weighted by Crippen LogP contribution is 2.44. The summed E-state index contributed by atoms with van der Waals surface area (Å²) in [7, 11) is 0. The molecule has 1 saturated heterocycles. The molecule has 2 aliphatic carbocycles. The minimum Gasteiger partial charge on any atom is -0.481 e. The molecule has 0 spiro atoms. The number of amides is 2. The Morgan fingerprint density at radius 1 is 1.00 bits per heavy atom. The van der Waals surface area contributed by atoms with Crippen LogP contribution in [0.5, 0.6) is 0 Å². The molecule has 5 rings (SSSR count). The van der Waals surface area contributed by atoms with E-state index in [0.717, 1.165) is 19.3 Å². The molecule has 0 bridgehead atoms. The van der Waals surface area contributed by atoms with Crippen LogP contribution in [0.3, 0.4) is 0 Å². The Labute approximate surface area is 205 Å². The van der Waals surface area contributed by atoms with E-state index in [9.17, 15) is 19.5 Å². The Balaban J connectivity index is 1.17.